The standard InChI is InChI=1S/C22H30N2O4/c1-13-7-15(3)18(16(4)8-13)28-17(25)11-24-19(26)22(23-20(24)27)10-14(2)9-21(5,6)12-22/h7-8,14H,9-12H2,1-6H3,(H,23,27). The molecule has 3 rings (SSSR count). The summed E-state index contributed by atoms with van der Waals surface area (Å²) in [6.07, 6.45) is 2.19. The van der Waals surface area contributed by atoms with Crippen LogP contribution in [0.25, 0.3) is 0 Å². The Morgan fingerprint density at radius 1 is 1.18 bits per heavy atom. The molecular weight excluding hydrogens is 356 g/mol. The third-order valence-corrected chi connectivity index (χ3v) is 5.73. The van der Waals surface area contributed by atoms with Crippen LogP contribution < -0.4 is 10.1 Å². The van der Waals surface area contributed by atoms with Crippen molar-refractivity contribution in [2.45, 2.75) is 66.3 Å². The maximum Gasteiger partial charge on any atom is 0.331 e. The number of nitrogens with zero attached hydrogens (tertiary/aromatic N) is 1. The topological polar surface area (TPSA) is 75.7 Å². The Balaban J connectivity index is 1.75. The summed E-state index contributed by atoms with van der Waals surface area (Å²) in [5.74, 6) is -0.118. The van der Waals surface area contributed by atoms with Gasteiger partial charge in [-0.25, -0.2) is 9.59 Å². The van der Waals surface area contributed by atoms with Crippen molar-refractivity contribution in [2.75, 3.05) is 6.54 Å². The average Bonchev–Trinajstić information content (AvgIpc) is 2.72. The fourth-order valence-electron chi connectivity index (χ4n) is 5.25. The second kappa shape index (κ2) is 6.90. The number of aryl methyl sites for hydroxylation is 3. The first kappa shape index (κ1) is 20.4. The van der Waals surface area contributed by atoms with Crippen LogP contribution in [0.15, 0.2) is 12.1 Å². The number of imide groups is 1. The molecule has 1 saturated carbocycles. The van der Waals surface area contributed by atoms with Crippen molar-refractivity contribution in [3.8, 4) is 5.75 Å². The van der Waals surface area contributed by atoms with Gasteiger partial charge in [0.05, 0.1) is 0 Å². The molecule has 1 aliphatic carbocycles. The zero-order valence-corrected chi connectivity index (χ0v) is 17.6. The Bertz CT molecular complexity index is 822. The van der Waals surface area contributed by atoms with Crippen LogP contribution in [-0.2, 0) is 9.59 Å². The molecule has 1 saturated heterocycles. The van der Waals surface area contributed by atoms with E-state index in [2.05, 4.69) is 26.1 Å². The van der Waals surface area contributed by atoms with Gasteiger partial charge in [0, 0.05) is 0 Å². The number of nitrogens with one attached hydrogen (secondary N) is 1. The number of carbonyl (C=O) groups excluding carboxylic acids is 3. The summed E-state index contributed by atoms with van der Waals surface area (Å²) in [6, 6.07) is 3.36. The summed E-state index contributed by atoms with van der Waals surface area (Å²) in [4.78, 5) is 39.2. The van der Waals surface area contributed by atoms with E-state index in [9.17, 15) is 14.4 Å². The van der Waals surface area contributed by atoms with Crippen LogP contribution in [0.2, 0.25) is 0 Å². The van der Waals surface area contributed by atoms with Gasteiger partial charge in [-0.15, -0.1) is 0 Å². The maximum atomic E-state index is 13.1. The first-order chi connectivity index (χ1) is 12.9. The number of ether oxygens (including phenoxy) is 1. The number of esters is 1. The van der Waals surface area contributed by atoms with E-state index in [1.54, 1.807) is 0 Å². The fourth-order valence-corrected chi connectivity index (χ4v) is 5.25. The van der Waals surface area contributed by atoms with Gasteiger partial charge in [0.25, 0.3) is 5.91 Å². The molecule has 2 atom stereocenters. The molecule has 2 unspecified atom stereocenters. The van der Waals surface area contributed by atoms with Gasteiger partial charge in [-0.2, -0.15) is 0 Å². The smallest absolute Gasteiger partial charge is 0.331 e. The summed E-state index contributed by atoms with van der Waals surface area (Å²) >= 11 is 0. The second-order valence-electron chi connectivity index (χ2n) is 9.46. The molecule has 1 N–H and O–H groups in total. The van der Waals surface area contributed by atoms with Crippen LogP contribution in [0, 0.1) is 32.1 Å². The quantitative estimate of drug-likeness (QED) is 0.489. The number of rotatable bonds is 3. The largest absolute Gasteiger partial charge is 0.425 e. The molecule has 1 aromatic carbocycles. The van der Waals surface area contributed by atoms with Crippen molar-refractivity contribution in [1.29, 1.82) is 0 Å². The van der Waals surface area contributed by atoms with Crippen LogP contribution in [0.5, 0.6) is 5.75 Å². The molecule has 1 aromatic rings. The molecule has 2 aliphatic rings. The summed E-state index contributed by atoms with van der Waals surface area (Å²) in [7, 11) is 0. The van der Waals surface area contributed by atoms with Gasteiger partial charge in [0.15, 0.2) is 0 Å². The van der Waals surface area contributed by atoms with Gasteiger partial charge in [0.2, 0.25) is 0 Å². The minimum absolute atomic E-state index is 0.0484. The molecule has 1 heterocycles. The lowest BCUT2D eigenvalue weighted by Gasteiger charge is -2.43. The van der Waals surface area contributed by atoms with Crippen LogP contribution in [-0.4, -0.2) is 34.9 Å². The average molecular weight is 386 g/mol. The second-order valence-corrected chi connectivity index (χ2v) is 9.46. The molecule has 1 aliphatic heterocycles. The van der Waals surface area contributed by atoms with E-state index in [0.717, 1.165) is 28.0 Å². The minimum atomic E-state index is -0.909. The Hall–Kier alpha value is -2.37. The van der Waals surface area contributed by atoms with Crippen LogP contribution >= 0.6 is 0 Å². The fraction of sp³-hybridized carbons (Fsp3) is 0.591. The van der Waals surface area contributed by atoms with Gasteiger partial charge in [0.1, 0.15) is 17.8 Å². The van der Waals surface area contributed by atoms with Gasteiger partial charge in [-0.3, -0.25) is 9.69 Å². The highest BCUT2D eigenvalue weighted by Gasteiger charge is 2.56. The molecule has 6 nitrogen and oxygen atoms in total. The van der Waals surface area contributed by atoms with E-state index in [1.165, 1.54) is 0 Å². The van der Waals surface area contributed by atoms with E-state index in [0.29, 0.717) is 24.5 Å². The normalized spacial score (nSPS) is 26.5. The predicted octanol–water partition coefficient (Wildman–Crippen LogP) is 3.65. The van der Waals surface area contributed by atoms with Gasteiger partial charge in [-0.05, 0) is 62.5 Å². The van der Waals surface area contributed by atoms with Crippen molar-refractivity contribution in [3.63, 3.8) is 0 Å². The van der Waals surface area contributed by atoms with Crippen LogP contribution in [0.3, 0.4) is 0 Å². The number of hydrogen-bond acceptors (Lipinski definition) is 4. The monoisotopic (exact) mass is 386 g/mol. The van der Waals surface area contributed by atoms with Gasteiger partial charge < -0.3 is 10.1 Å². The van der Waals surface area contributed by atoms with Crippen molar-refractivity contribution < 1.29 is 19.1 Å². The summed E-state index contributed by atoms with van der Waals surface area (Å²) in [6.45, 7) is 11.7. The zero-order chi connectivity index (χ0) is 20.9. The molecule has 6 heteroatoms. The zero-order valence-electron chi connectivity index (χ0n) is 17.6. The summed E-state index contributed by atoms with van der Waals surface area (Å²) in [5, 5.41) is 2.88. The number of amides is 3. The molecule has 28 heavy (non-hydrogen) atoms. The molecule has 3 amide bonds. The van der Waals surface area contributed by atoms with Crippen molar-refractivity contribution in [2.24, 2.45) is 11.3 Å². The highest BCUT2D eigenvalue weighted by Crippen LogP contribution is 2.46. The van der Waals surface area contributed by atoms with E-state index < -0.39 is 17.5 Å². The van der Waals surface area contributed by atoms with Gasteiger partial charge in [-0.1, -0.05) is 38.5 Å². The molecule has 2 fully saturated rings. The van der Waals surface area contributed by atoms with Crippen molar-refractivity contribution in [1.82, 2.24) is 10.2 Å². The molecular formula is C22H30N2O4. The first-order valence-electron chi connectivity index (χ1n) is 9.85. The number of carbonyl (C=O) groups is 3. The van der Waals surface area contributed by atoms with Crippen molar-refractivity contribution in [3.05, 3.63) is 28.8 Å². The molecule has 0 aromatic heterocycles. The molecule has 1 spiro atoms. The SMILES string of the molecule is Cc1cc(C)c(OC(=O)CN2C(=O)NC3(CC(C)CC(C)(C)C3)C2=O)c(C)c1. The Morgan fingerprint density at radius 3 is 2.36 bits per heavy atom. The van der Waals surface area contributed by atoms with E-state index in [1.807, 2.05) is 32.9 Å². The van der Waals surface area contributed by atoms with Crippen LogP contribution in [0.1, 0.15) is 56.7 Å². The number of urea groups is 1. The summed E-state index contributed by atoms with van der Waals surface area (Å²) in [5.41, 5.74) is 1.83. The third kappa shape index (κ3) is 3.77. The summed E-state index contributed by atoms with van der Waals surface area (Å²) < 4.78 is 5.51. The Morgan fingerprint density at radius 2 is 1.79 bits per heavy atom. The molecule has 0 bridgehead atoms. The minimum Gasteiger partial charge on any atom is -0.425 e. The molecule has 152 valence electrons. The Labute approximate surface area is 166 Å². The first-order valence-corrected chi connectivity index (χ1v) is 9.85. The number of benzene rings is 1. The van der Waals surface area contributed by atoms with E-state index in [-0.39, 0.29) is 17.9 Å². The molecule has 0 radical (unpaired) electrons. The predicted molar refractivity (Wildman–Crippen MR) is 106 cm³/mol. The maximum absolute atomic E-state index is 13.1. The van der Waals surface area contributed by atoms with Gasteiger partial charge >= 0.3 is 12.0 Å². The number of hydrogen-bond donors (Lipinski definition) is 1. The van der Waals surface area contributed by atoms with Crippen molar-refractivity contribution >= 4 is 17.9 Å². The van der Waals surface area contributed by atoms with E-state index in [4.69, 9.17) is 4.74 Å². The Kier molecular flexibility index (Phi) is 5.02. The lowest BCUT2D eigenvalue weighted by atomic mass is 9.64. The highest BCUT2D eigenvalue weighted by molar-refractivity contribution is 6.08. The third-order valence-electron chi connectivity index (χ3n) is 5.73. The van der Waals surface area contributed by atoms with Crippen LogP contribution in [0.4, 0.5) is 4.79 Å². The lowest BCUT2D eigenvalue weighted by Crippen LogP contribution is -2.54. The highest BCUT2D eigenvalue weighted by atomic mass is 16.5. The van der Waals surface area contributed by atoms with E-state index >= 15 is 0 Å². The lowest BCUT2D eigenvalue weighted by molar-refractivity contribution is -0.142.